The quantitative estimate of drug-likeness (QED) is 0.401. The van der Waals surface area contributed by atoms with Gasteiger partial charge in [0, 0.05) is 24.2 Å². The number of aromatic nitrogens is 2. The van der Waals surface area contributed by atoms with Gasteiger partial charge in [0.15, 0.2) is 11.5 Å². The third-order valence-corrected chi connectivity index (χ3v) is 6.23. The van der Waals surface area contributed by atoms with Gasteiger partial charge >= 0.3 is 0 Å². The predicted octanol–water partition coefficient (Wildman–Crippen LogP) is 4.80. The molecular formula is C25H24ClFN4O3. The van der Waals surface area contributed by atoms with Crippen LogP contribution in [0.25, 0.3) is 0 Å². The highest BCUT2D eigenvalue weighted by Crippen LogP contribution is 2.24. The van der Waals surface area contributed by atoms with E-state index in [0.29, 0.717) is 23.7 Å². The first kappa shape index (κ1) is 23.6. The van der Waals surface area contributed by atoms with E-state index in [4.69, 9.17) is 11.6 Å². The van der Waals surface area contributed by atoms with Gasteiger partial charge in [0.05, 0.1) is 11.3 Å². The third kappa shape index (κ3) is 5.69. The molecule has 1 fully saturated rings. The van der Waals surface area contributed by atoms with Crippen molar-refractivity contribution >= 4 is 34.9 Å². The molecule has 34 heavy (non-hydrogen) atoms. The number of anilines is 1. The Balaban J connectivity index is 1.35. The molecule has 4 rings (SSSR count). The van der Waals surface area contributed by atoms with E-state index in [1.807, 2.05) is 0 Å². The highest BCUT2D eigenvalue weighted by atomic mass is 35.5. The Labute approximate surface area is 201 Å². The average Bonchev–Trinajstić information content (AvgIpc) is 3.51. The fourth-order valence-corrected chi connectivity index (χ4v) is 4.34. The summed E-state index contributed by atoms with van der Waals surface area (Å²) in [4.78, 5) is 44.5. The molecule has 0 saturated heterocycles. The number of rotatable bonds is 8. The van der Waals surface area contributed by atoms with E-state index < -0.39 is 11.7 Å². The molecule has 2 aromatic carbocycles. The van der Waals surface area contributed by atoms with Crippen molar-refractivity contribution in [2.24, 2.45) is 5.92 Å². The lowest BCUT2D eigenvalue weighted by atomic mass is 10.0. The van der Waals surface area contributed by atoms with Crippen LogP contribution in [0.5, 0.6) is 0 Å². The maximum atomic E-state index is 13.2. The largest absolute Gasteiger partial charge is 0.350 e. The van der Waals surface area contributed by atoms with Crippen LogP contribution in [-0.2, 0) is 6.42 Å². The first-order valence-corrected chi connectivity index (χ1v) is 11.5. The molecule has 176 valence electrons. The summed E-state index contributed by atoms with van der Waals surface area (Å²) >= 11 is 5.96. The number of carbonyl (C=O) groups is 3. The Morgan fingerprint density at radius 3 is 2.50 bits per heavy atom. The molecule has 1 aromatic heterocycles. The van der Waals surface area contributed by atoms with Gasteiger partial charge in [0.1, 0.15) is 11.5 Å². The Bertz CT molecular complexity index is 1200. The fourth-order valence-electron chi connectivity index (χ4n) is 4.07. The molecule has 1 saturated carbocycles. The second-order valence-corrected chi connectivity index (χ2v) is 8.77. The molecule has 0 unspecified atom stereocenters. The van der Waals surface area contributed by atoms with Crippen LogP contribution in [0, 0.1) is 11.7 Å². The van der Waals surface area contributed by atoms with Gasteiger partial charge in [-0.05, 0) is 54.7 Å². The minimum Gasteiger partial charge on any atom is -0.350 e. The van der Waals surface area contributed by atoms with Gasteiger partial charge < -0.3 is 15.6 Å². The number of aromatic amines is 1. The van der Waals surface area contributed by atoms with Crippen LogP contribution >= 0.6 is 11.6 Å². The molecular weight excluding hydrogens is 459 g/mol. The molecule has 2 amide bonds. The highest BCUT2D eigenvalue weighted by Gasteiger charge is 2.22. The van der Waals surface area contributed by atoms with E-state index in [2.05, 4.69) is 20.6 Å². The number of halogens is 2. The Morgan fingerprint density at radius 1 is 1.06 bits per heavy atom. The van der Waals surface area contributed by atoms with Crippen LogP contribution in [-0.4, -0.2) is 34.1 Å². The number of benzene rings is 2. The lowest BCUT2D eigenvalue weighted by Crippen LogP contribution is -2.30. The zero-order valence-electron chi connectivity index (χ0n) is 18.4. The Morgan fingerprint density at radius 2 is 1.79 bits per heavy atom. The third-order valence-electron chi connectivity index (χ3n) is 5.92. The number of hydrogen-bond donors (Lipinski definition) is 3. The molecule has 1 heterocycles. The number of amides is 2. The van der Waals surface area contributed by atoms with Gasteiger partial charge in [-0.2, -0.15) is 0 Å². The van der Waals surface area contributed by atoms with Crippen LogP contribution in [0.4, 0.5) is 10.1 Å². The van der Waals surface area contributed by atoms with Gasteiger partial charge in [-0.3, -0.25) is 14.4 Å². The summed E-state index contributed by atoms with van der Waals surface area (Å²) in [6.07, 6.45) is 5.97. The van der Waals surface area contributed by atoms with Crippen molar-refractivity contribution in [1.29, 1.82) is 0 Å². The zero-order valence-corrected chi connectivity index (χ0v) is 19.1. The lowest BCUT2D eigenvalue weighted by molar-refractivity contribution is 0.0929. The van der Waals surface area contributed by atoms with Gasteiger partial charge in [-0.25, -0.2) is 9.37 Å². The van der Waals surface area contributed by atoms with Gasteiger partial charge in [0.2, 0.25) is 0 Å². The number of ketones is 1. The molecule has 0 atom stereocenters. The first-order valence-electron chi connectivity index (χ1n) is 11.1. The number of hydrogen-bond acceptors (Lipinski definition) is 4. The van der Waals surface area contributed by atoms with Crippen molar-refractivity contribution < 1.29 is 18.8 Å². The average molecular weight is 483 g/mol. The van der Waals surface area contributed by atoms with Crippen molar-refractivity contribution in [3.8, 4) is 0 Å². The molecule has 0 aliphatic heterocycles. The van der Waals surface area contributed by atoms with Crippen LogP contribution < -0.4 is 10.6 Å². The molecule has 0 radical (unpaired) electrons. The number of Topliss-reactive ketones (excluding diaryl/α,β-unsaturated/α-hetero) is 1. The van der Waals surface area contributed by atoms with E-state index in [0.717, 1.165) is 18.9 Å². The predicted molar refractivity (Wildman–Crippen MR) is 127 cm³/mol. The van der Waals surface area contributed by atoms with Crippen LogP contribution in [0.3, 0.4) is 0 Å². The number of carbonyl (C=O) groups excluding carboxylic acids is 3. The summed E-state index contributed by atoms with van der Waals surface area (Å²) < 4.78 is 13.2. The highest BCUT2D eigenvalue weighted by molar-refractivity contribution is 6.34. The smallest absolute Gasteiger partial charge is 0.276 e. The van der Waals surface area contributed by atoms with Gasteiger partial charge in [0.25, 0.3) is 11.8 Å². The second-order valence-electron chi connectivity index (χ2n) is 8.36. The van der Waals surface area contributed by atoms with Crippen molar-refractivity contribution in [2.75, 3.05) is 11.9 Å². The molecule has 0 bridgehead atoms. The van der Waals surface area contributed by atoms with Gasteiger partial charge in [-0.15, -0.1) is 0 Å². The van der Waals surface area contributed by atoms with Crippen LogP contribution in [0.1, 0.15) is 62.6 Å². The Hall–Kier alpha value is -3.52. The van der Waals surface area contributed by atoms with Gasteiger partial charge in [-0.1, -0.05) is 36.6 Å². The Kier molecular flexibility index (Phi) is 7.37. The molecule has 0 spiro atoms. The van der Waals surface area contributed by atoms with E-state index in [-0.39, 0.29) is 40.1 Å². The number of nitrogens with one attached hydrogen (secondary N) is 3. The van der Waals surface area contributed by atoms with Crippen molar-refractivity contribution in [2.45, 2.75) is 32.1 Å². The number of H-pyrrole nitrogens is 1. The fraction of sp³-hybridized carbons (Fsp3) is 0.280. The topological polar surface area (TPSA) is 104 Å². The monoisotopic (exact) mass is 482 g/mol. The molecule has 3 aromatic rings. The van der Waals surface area contributed by atoms with E-state index in [1.165, 1.54) is 31.3 Å². The van der Waals surface area contributed by atoms with Crippen molar-refractivity contribution in [1.82, 2.24) is 15.3 Å². The summed E-state index contributed by atoms with van der Waals surface area (Å²) in [5.41, 5.74) is 1.57. The zero-order chi connectivity index (χ0) is 24.1. The standard InChI is InChI=1S/C25H24ClFN4O3/c26-20-12-17(27)7-10-19(20)21(32)11-15-5-8-18(9-6-15)31-25(34)23-22(29-14-30-23)24(33)28-13-16-3-1-2-4-16/h5-10,12,14,16H,1-4,11,13H2,(H,28,33)(H,29,30)(H,31,34). The minimum atomic E-state index is -0.519. The summed E-state index contributed by atoms with van der Waals surface area (Å²) in [5, 5.41) is 5.66. The first-order chi connectivity index (χ1) is 16.4. The second kappa shape index (κ2) is 10.6. The van der Waals surface area contributed by atoms with Crippen molar-refractivity contribution in [3.05, 3.63) is 82.1 Å². The molecule has 9 heteroatoms. The maximum Gasteiger partial charge on any atom is 0.276 e. The van der Waals surface area contributed by atoms with E-state index >= 15 is 0 Å². The minimum absolute atomic E-state index is 0.00845. The molecule has 1 aliphatic rings. The van der Waals surface area contributed by atoms with E-state index in [1.54, 1.807) is 24.3 Å². The van der Waals surface area contributed by atoms with Crippen molar-refractivity contribution in [3.63, 3.8) is 0 Å². The van der Waals surface area contributed by atoms with Crippen LogP contribution in [0.2, 0.25) is 5.02 Å². The maximum absolute atomic E-state index is 13.2. The molecule has 3 N–H and O–H groups in total. The molecule has 7 nitrogen and oxygen atoms in total. The van der Waals surface area contributed by atoms with Crippen LogP contribution in [0.15, 0.2) is 48.8 Å². The normalized spacial score (nSPS) is 13.6. The number of imidazole rings is 1. The number of nitrogens with zero attached hydrogens (tertiary/aromatic N) is 1. The SMILES string of the molecule is O=C(Cc1ccc(NC(=O)c2nc[nH]c2C(=O)NCC2CCCC2)cc1)c1ccc(F)cc1Cl. The summed E-state index contributed by atoms with van der Waals surface area (Å²) in [6.45, 7) is 0.586. The lowest BCUT2D eigenvalue weighted by Gasteiger charge is -2.11. The summed E-state index contributed by atoms with van der Waals surface area (Å²) in [6, 6.07) is 10.4. The van der Waals surface area contributed by atoms with E-state index in [9.17, 15) is 18.8 Å². The molecule has 1 aliphatic carbocycles. The summed E-state index contributed by atoms with van der Waals surface area (Å²) in [5.74, 6) is -1.15. The summed E-state index contributed by atoms with van der Waals surface area (Å²) in [7, 11) is 0.